The van der Waals surface area contributed by atoms with Crippen LogP contribution < -0.4 is 11.1 Å². The normalized spacial score (nSPS) is 15.8. The SMILES string of the molecule is COC(=O)c1nc(C#CC2CCN(C(=O)OC(C)(C)C)CC2)cs1.NC(=O)c1nc(C#CC2CCNCC2)cs1. The number of thiazole rings is 2. The number of nitrogens with two attached hydrogens (primary N) is 1. The van der Waals surface area contributed by atoms with Gasteiger partial charge in [-0.1, -0.05) is 11.8 Å². The van der Waals surface area contributed by atoms with Crippen molar-refractivity contribution in [1.29, 1.82) is 0 Å². The molecule has 0 spiro atoms. The predicted octanol–water partition coefficient (Wildman–Crippen LogP) is 3.52. The molecular formula is C28H35N5O5S2. The Hall–Kier alpha value is -3.45. The van der Waals surface area contributed by atoms with Crippen molar-refractivity contribution in [3.8, 4) is 23.7 Å². The minimum Gasteiger partial charge on any atom is -0.464 e. The van der Waals surface area contributed by atoms with Gasteiger partial charge in [0.2, 0.25) is 5.01 Å². The molecule has 4 heterocycles. The Morgan fingerprint density at radius 1 is 0.950 bits per heavy atom. The van der Waals surface area contributed by atoms with E-state index in [2.05, 4.69) is 43.7 Å². The maximum Gasteiger partial charge on any atom is 0.410 e. The van der Waals surface area contributed by atoms with Gasteiger partial charge in [-0.25, -0.2) is 19.6 Å². The number of ether oxygens (including phenoxy) is 2. The van der Waals surface area contributed by atoms with E-state index < -0.39 is 17.5 Å². The molecule has 2 aromatic heterocycles. The summed E-state index contributed by atoms with van der Waals surface area (Å²) in [5.41, 5.74) is 5.87. The number of primary amides is 1. The zero-order valence-corrected chi connectivity index (χ0v) is 24.9. The van der Waals surface area contributed by atoms with Crippen molar-refractivity contribution in [2.45, 2.75) is 52.1 Å². The second-order valence-corrected chi connectivity index (χ2v) is 12.0. The summed E-state index contributed by atoms with van der Waals surface area (Å²) in [6.45, 7) is 8.92. The Balaban J connectivity index is 0.000000238. The molecule has 214 valence electrons. The fourth-order valence-corrected chi connectivity index (χ4v) is 5.08. The number of hydrogen-bond acceptors (Lipinski definition) is 10. The first-order valence-corrected chi connectivity index (χ1v) is 14.8. The van der Waals surface area contributed by atoms with Crippen molar-refractivity contribution in [3.63, 3.8) is 0 Å². The lowest BCUT2D eigenvalue weighted by Gasteiger charge is -2.31. The molecule has 10 nitrogen and oxygen atoms in total. The number of likely N-dealkylation sites (tertiary alicyclic amines) is 1. The van der Waals surface area contributed by atoms with Gasteiger partial charge < -0.3 is 25.4 Å². The Labute approximate surface area is 243 Å². The highest BCUT2D eigenvalue weighted by Gasteiger charge is 2.26. The second-order valence-electron chi connectivity index (χ2n) is 10.2. The van der Waals surface area contributed by atoms with Crippen LogP contribution in [0.3, 0.4) is 0 Å². The zero-order valence-electron chi connectivity index (χ0n) is 23.2. The van der Waals surface area contributed by atoms with Crippen LogP contribution in [0.2, 0.25) is 0 Å². The van der Waals surface area contributed by atoms with Gasteiger partial charge in [0.15, 0.2) is 5.01 Å². The van der Waals surface area contributed by atoms with E-state index in [1.165, 1.54) is 29.8 Å². The average Bonchev–Trinajstić information content (AvgIpc) is 3.61. The number of hydrogen-bond donors (Lipinski definition) is 2. The van der Waals surface area contributed by atoms with Crippen LogP contribution in [0.25, 0.3) is 0 Å². The number of amides is 2. The van der Waals surface area contributed by atoms with Gasteiger partial charge in [0.05, 0.1) is 7.11 Å². The Kier molecular flexibility index (Phi) is 11.5. The van der Waals surface area contributed by atoms with Gasteiger partial charge in [-0.15, -0.1) is 22.7 Å². The molecule has 0 unspecified atom stereocenters. The number of rotatable bonds is 2. The largest absolute Gasteiger partial charge is 0.464 e. The van der Waals surface area contributed by atoms with E-state index in [4.69, 9.17) is 10.5 Å². The van der Waals surface area contributed by atoms with E-state index >= 15 is 0 Å². The first kappa shape index (κ1) is 31.1. The first-order chi connectivity index (χ1) is 19.0. The van der Waals surface area contributed by atoms with Gasteiger partial charge in [0.1, 0.15) is 17.0 Å². The zero-order chi connectivity index (χ0) is 29.1. The van der Waals surface area contributed by atoms with Crippen molar-refractivity contribution in [1.82, 2.24) is 20.2 Å². The van der Waals surface area contributed by atoms with Crippen molar-refractivity contribution in [2.24, 2.45) is 17.6 Å². The van der Waals surface area contributed by atoms with Crippen molar-refractivity contribution in [2.75, 3.05) is 33.3 Å². The van der Waals surface area contributed by atoms with E-state index in [0.29, 0.717) is 40.4 Å². The summed E-state index contributed by atoms with van der Waals surface area (Å²) >= 11 is 2.46. The van der Waals surface area contributed by atoms with Gasteiger partial charge in [-0.3, -0.25) is 4.79 Å². The maximum absolute atomic E-state index is 12.0. The quantitative estimate of drug-likeness (QED) is 0.404. The van der Waals surface area contributed by atoms with Crippen molar-refractivity contribution >= 4 is 40.6 Å². The monoisotopic (exact) mass is 585 g/mol. The number of nitrogens with zero attached hydrogens (tertiary/aromatic N) is 3. The van der Waals surface area contributed by atoms with E-state index in [1.54, 1.807) is 15.7 Å². The average molecular weight is 586 g/mol. The molecule has 4 rings (SSSR count). The molecule has 0 aliphatic carbocycles. The molecule has 2 aliphatic rings. The van der Waals surface area contributed by atoms with Crippen LogP contribution in [0, 0.1) is 35.5 Å². The van der Waals surface area contributed by atoms with Crippen LogP contribution in [0.5, 0.6) is 0 Å². The predicted molar refractivity (Wildman–Crippen MR) is 154 cm³/mol. The molecule has 0 aromatic carbocycles. The number of nitrogens with one attached hydrogen (secondary N) is 1. The summed E-state index contributed by atoms with van der Waals surface area (Å²) in [4.78, 5) is 44.1. The van der Waals surface area contributed by atoms with Crippen molar-refractivity contribution in [3.05, 3.63) is 32.2 Å². The van der Waals surface area contributed by atoms with Crippen LogP contribution in [-0.2, 0) is 9.47 Å². The standard InChI is InChI=1S/C17H22N2O4S.C11H13N3OS/c1-17(2,3)23-16(21)19-9-7-12(8-10-19)5-6-13-11-24-14(18-13)15(20)22-4;12-10(15)11-14-9(7-16-11)2-1-8-3-5-13-6-4-8/h11-12H,7-10H2,1-4H3;7-8,13H,3-6H2,(H2,12,15). The highest BCUT2D eigenvalue weighted by Crippen LogP contribution is 2.19. The number of esters is 1. The first-order valence-electron chi connectivity index (χ1n) is 13.0. The molecule has 2 aliphatic heterocycles. The lowest BCUT2D eigenvalue weighted by atomic mass is 9.97. The molecule has 0 radical (unpaired) electrons. The molecule has 3 N–H and O–H groups in total. The smallest absolute Gasteiger partial charge is 0.410 e. The maximum atomic E-state index is 12.0. The van der Waals surface area contributed by atoms with Crippen LogP contribution in [0.4, 0.5) is 4.79 Å². The summed E-state index contributed by atoms with van der Waals surface area (Å²) in [7, 11) is 1.33. The number of carbonyl (C=O) groups is 3. The molecule has 2 amide bonds. The van der Waals surface area contributed by atoms with Gasteiger partial charge in [0, 0.05) is 35.7 Å². The number of methoxy groups -OCH3 is 1. The third-order valence-electron chi connectivity index (χ3n) is 5.87. The lowest BCUT2D eigenvalue weighted by molar-refractivity contribution is 0.0199. The molecule has 0 atom stereocenters. The third-order valence-corrected chi connectivity index (χ3v) is 7.55. The molecular weight excluding hydrogens is 550 g/mol. The molecule has 0 saturated carbocycles. The van der Waals surface area contributed by atoms with Crippen molar-refractivity contribution < 1.29 is 23.9 Å². The summed E-state index contributed by atoms with van der Waals surface area (Å²) in [5, 5.41) is 7.44. The topological polar surface area (TPSA) is 137 Å². The van der Waals surface area contributed by atoms with Crippen LogP contribution >= 0.6 is 22.7 Å². The lowest BCUT2D eigenvalue weighted by Crippen LogP contribution is -2.41. The molecule has 12 heteroatoms. The number of piperidine rings is 2. The third kappa shape index (κ3) is 10.3. The summed E-state index contributed by atoms with van der Waals surface area (Å²) in [6.07, 6.45) is 3.51. The van der Waals surface area contributed by atoms with E-state index in [9.17, 15) is 14.4 Å². The molecule has 0 bridgehead atoms. The van der Waals surface area contributed by atoms with E-state index in [0.717, 1.165) is 38.8 Å². The van der Waals surface area contributed by atoms with Crippen LogP contribution in [0.15, 0.2) is 10.8 Å². The molecule has 2 aromatic rings. The minimum atomic E-state index is -0.486. The summed E-state index contributed by atoms with van der Waals surface area (Å²) in [5.74, 6) is 12.1. The molecule has 2 saturated heterocycles. The highest BCUT2D eigenvalue weighted by molar-refractivity contribution is 7.12. The summed E-state index contributed by atoms with van der Waals surface area (Å²) < 4.78 is 10.0. The van der Waals surface area contributed by atoms with Gasteiger partial charge in [0.25, 0.3) is 5.91 Å². The van der Waals surface area contributed by atoms with Gasteiger partial charge in [-0.2, -0.15) is 0 Å². The number of aromatic nitrogens is 2. The molecule has 2 fully saturated rings. The van der Waals surface area contributed by atoms with E-state index in [1.807, 2.05) is 20.8 Å². The van der Waals surface area contributed by atoms with Crippen LogP contribution in [0.1, 0.15) is 77.4 Å². The fourth-order valence-electron chi connectivity index (χ4n) is 3.81. The Bertz CT molecular complexity index is 1290. The van der Waals surface area contributed by atoms with Crippen LogP contribution in [-0.4, -0.2) is 71.7 Å². The second kappa shape index (κ2) is 14.8. The minimum absolute atomic E-state index is 0.215. The van der Waals surface area contributed by atoms with Gasteiger partial charge in [-0.05, 0) is 71.4 Å². The Morgan fingerprint density at radius 2 is 1.48 bits per heavy atom. The highest BCUT2D eigenvalue weighted by atomic mass is 32.1. The van der Waals surface area contributed by atoms with Gasteiger partial charge >= 0.3 is 12.1 Å². The van der Waals surface area contributed by atoms with E-state index in [-0.39, 0.29) is 12.0 Å². The fraction of sp³-hybridized carbons (Fsp3) is 0.536. The molecule has 40 heavy (non-hydrogen) atoms. The number of carbonyl (C=O) groups excluding carboxylic acids is 3. The Morgan fingerprint density at radius 3 is 1.98 bits per heavy atom. The summed E-state index contributed by atoms with van der Waals surface area (Å²) in [6, 6.07) is 0.